The lowest BCUT2D eigenvalue weighted by Crippen LogP contribution is -2.50. The average Bonchev–Trinajstić information content (AvgIpc) is 3.04. The minimum absolute atomic E-state index is 0.0908. The Morgan fingerprint density at radius 1 is 1.19 bits per heavy atom. The molecule has 7 nitrogen and oxygen atoms in total. The van der Waals surface area contributed by atoms with E-state index in [1.165, 1.54) is 22.2 Å². The first-order valence-corrected chi connectivity index (χ1v) is 11.0. The molecule has 0 aromatic carbocycles. The maximum atomic E-state index is 12.8. The van der Waals surface area contributed by atoms with Crippen LogP contribution < -0.4 is 10.5 Å². The van der Waals surface area contributed by atoms with Crippen LogP contribution in [0.1, 0.15) is 16.0 Å². The number of aryl methyl sites for hydroxylation is 2. The maximum absolute atomic E-state index is 12.8. The number of carbonyl (C=O) groups excluding carboxylic acids is 1. The number of fused-ring (bicyclic) bond motifs is 1. The van der Waals surface area contributed by atoms with Crippen molar-refractivity contribution in [2.75, 3.05) is 31.1 Å². The number of rotatable bonds is 3. The highest BCUT2D eigenvalue weighted by Gasteiger charge is 2.32. The number of thiophene rings is 1. The topological polar surface area (TPSA) is 71.3 Å². The zero-order valence-electron chi connectivity index (χ0n) is 17.2. The number of piperazine rings is 1. The fourth-order valence-electron chi connectivity index (χ4n) is 3.61. The highest BCUT2D eigenvalue weighted by atomic mass is 35.5. The SMILES string of the molecule is Cc1sc2ncn(CC(=O)N3CCN(c4ncc(C(F)(F)F)cc4Cl)CC3)c(=O)c2c1C. The van der Waals surface area contributed by atoms with Gasteiger partial charge in [-0.2, -0.15) is 13.2 Å². The lowest BCUT2D eigenvalue weighted by atomic mass is 10.2. The number of anilines is 1. The summed E-state index contributed by atoms with van der Waals surface area (Å²) in [7, 11) is 0. The van der Waals surface area contributed by atoms with Crippen LogP contribution in [0.5, 0.6) is 0 Å². The van der Waals surface area contributed by atoms with Crippen molar-refractivity contribution in [2.24, 2.45) is 0 Å². The fourth-order valence-corrected chi connectivity index (χ4v) is 4.89. The molecule has 4 rings (SSSR count). The Hall–Kier alpha value is -2.66. The van der Waals surface area contributed by atoms with E-state index >= 15 is 0 Å². The smallest absolute Gasteiger partial charge is 0.352 e. The van der Waals surface area contributed by atoms with Gasteiger partial charge in [0.1, 0.15) is 17.2 Å². The second-order valence-electron chi connectivity index (χ2n) is 7.54. The minimum Gasteiger partial charge on any atom is -0.352 e. The van der Waals surface area contributed by atoms with Gasteiger partial charge in [0.25, 0.3) is 5.56 Å². The first-order valence-electron chi connectivity index (χ1n) is 9.77. The molecule has 0 saturated carbocycles. The third-order valence-corrected chi connectivity index (χ3v) is 6.94. The maximum Gasteiger partial charge on any atom is 0.417 e. The number of hydrogen-bond acceptors (Lipinski definition) is 6. The zero-order valence-corrected chi connectivity index (χ0v) is 18.8. The molecule has 12 heteroatoms. The number of aromatic nitrogens is 3. The standard InChI is InChI=1S/C20H19ClF3N5O2S/c1-11-12(2)32-18-16(11)19(31)29(10-26-18)9-15(30)27-3-5-28(6-4-27)17-14(21)7-13(8-25-17)20(22,23)24/h7-8,10H,3-6,9H2,1-2H3. The van der Waals surface area contributed by atoms with E-state index in [-0.39, 0.29) is 28.9 Å². The highest BCUT2D eigenvalue weighted by molar-refractivity contribution is 7.18. The molecule has 1 aliphatic rings. The van der Waals surface area contributed by atoms with Crippen LogP contribution >= 0.6 is 22.9 Å². The van der Waals surface area contributed by atoms with Gasteiger partial charge in [-0.3, -0.25) is 14.2 Å². The van der Waals surface area contributed by atoms with Crippen molar-refractivity contribution < 1.29 is 18.0 Å². The van der Waals surface area contributed by atoms with Crippen LogP contribution in [0.3, 0.4) is 0 Å². The molecule has 0 aliphatic carbocycles. The van der Waals surface area contributed by atoms with Gasteiger partial charge in [0.2, 0.25) is 5.91 Å². The largest absolute Gasteiger partial charge is 0.417 e. The minimum atomic E-state index is -4.52. The third-order valence-electron chi connectivity index (χ3n) is 5.54. The van der Waals surface area contributed by atoms with Crippen molar-refractivity contribution in [3.05, 3.63) is 50.0 Å². The van der Waals surface area contributed by atoms with Crippen molar-refractivity contribution in [1.82, 2.24) is 19.4 Å². The number of nitrogens with zero attached hydrogens (tertiary/aromatic N) is 5. The molecular weight excluding hydrogens is 467 g/mol. The summed E-state index contributed by atoms with van der Waals surface area (Å²) < 4.78 is 39.8. The molecule has 0 spiro atoms. The van der Waals surface area contributed by atoms with Crippen LogP contribution in [-0.4, -0.2) is 51.5 Å². The molecule has 3 aromatic heterocycles. The molecule has 0 bridgehead atoms. The lowest BCUT2D eigenvalue weighted by molar-refractivity contribution is -0.138. The number of alkyl halides is 3. The molecule has 1 fully saturated rings. The van der Waals surface area contributed by atoms with E-state index in [0.29, 0.717) is 36.4 Å². The van der Waals surface area contributed by atoms with E-state index in [1.54, 1.807) is 9.80 Å². The molecule has 1 saturated heterocycles. The summed E-state index contributed by atoms with van der Waals surface area (Å²) in [4.78, 5) is 38.8. The number of carbonyl (C=O) groups is 1. The Bertz CT molecular complexity index is 1250. The molecule has 1 amide bonds. The van der Waals surface area contributed by atoms with Crippen LogP contribution in [0.4, 0.5) is 19.0 Å². The van der Waals surface area contributed by atoms with E-state index in [9.17, 15) is 22.8 Å². The van der Waals surface area contributed by atoms with Gasteiger partial charge >= 0.3 is 6.18 Å². The molecule has 4 heterocycles. The van der Waals surface area contributed by atoms with Gasteiger partial charge in [-0.25, -0.2) is 9.97 Å². The van der Waals surface area contributed by atoms with Gasteiger partial charge in [0, 0.05) is 37.3 Å². The van der Waals surface area contributed by atoms with E-state index in [4.69, 9.17) is 11.6 Å². The zero-order chi connectivity index (χ0) is 23.2. The molecule has 0 radical (unpaired) electrons. The summed E-state index contributed by atoms with van der Waals surface area (Å²) in [6, 6.07) is 0.852. The molecule has 0 N–H and O–H groups in total. The predicted molar refractivity (Wildman–Crippen MR) is 116 cm³/mol. The Balaban J connectivity index is 1.43. The fraction of sp³-hybridized carbons (Fsp3) is 0.400. The van der Waals surface area contributed by atoms with E-state index in [0.717, 1.165) is 22.7 Å². The van der Waals surface area contributed by atoms with Crippen LogP contribution in [0, 0.1) is 13.8 Å². The van der Waals surface area contributed by atoms with E-state index in [1.807, 2.05) is 13.8 Å². The first-order chi connectivity index (χ1) is 15.1. The van der Waals surface area contributed by atoms with Crippen LogP contribution in [-0.2, 0) is 17.5 Å². The summed E-state index contributed by atoms with van der Waals surface area (Å²) >= 11 is 7.47. The van der Waals surface area contributed by atoms with E-state index < -0.39 is 11.7 Å². The highest BCUT2D eigenvalue weighted by Crippen LogP contribution is 2.33. The molecule has 32 heavy (non-hydrogen) atoms. The summed E-state index contributed by atoms with van der Waals surface area (Å²) in [5.74, 6) is 0.0184. The molecule has 170 valence electrons. The molecule has 3 aromatic rings. The summed E-state index contributed by atoms with van der Waals surface area (Å²) in [6.45, 7) is 5.04. The van der Waals surface area contributed by atoms with Crippen molar-refractivity contribution in [3.63, 3.8) is 0 Å². The van der Waals surface area contributed by atoms with Gasteiger partial charge in [0.15, 0.2) is 0 Å². The number of pyridine rings is 1. The number of halogens is 4. The Labute approximate surface area is 190 Å². The van der Waals surface area contributed by atoms with Gasteiger partial charge in [0.05, 0.1) is 22.3 Å². The Morgan fingerprint density at radius 2 is 1.88 bits per heavy atom. The van der Waals surface area contributed by atoms with Gasteiger partial charge in [-0.15, -0.1) is 11.3 Å². The van der Waals surface area contributed by atoms with Crippen molar-refractivity contribution in [3.8, 4) is 0 Å². The normalized spacial score (nSPS) is 14.9. The van der Waals surface area contributed by atoms with Gasteiger partial charge in [-0.1, -0.05) is 11.6 Å². The predicted octanol–water partition coefficient (Wildman–Crippen LogP) is 3.49. The van der Waals surface area contributed by atoms with Crippen LogP contribution in [0.2, 0.25) is 5.02 Å². The van der Waals surface area contributed by atoms with Crippen molar-refractivity contribution in [2.45, 2.75) is 26.6 Å². The molecule has 0 unspecified atom stereocenters. The number of hydrogen-bond donors (Lipinski definition) is 0. The molecular formula is C20H19ClF3N5O2S. The monoisotopic (exact) mass is 485 g/mol. The Morgan fingerprint density at radius 3 is 2.50 bits per heavy atom. The van der Waals surface area contributed by atoms with Crippen LogP contribution in [0.25, 0.3) is 10.2 Å². The lowest BCUT2D eigenvalue weighted by Gasteiger charge is -2.35. The van der Waals surface area contributed by atoms with Crippen LogP contribution in [0.15, 0.2) is 23.4 Å². The van der Waals surface area contributed by atoms with Crippen molar-refractivity contribution >= 4 is 44.9 Å². The van der Waals surface area contributed by atoms with E-state index in [2.05, 4.69) is 9.97 Å². The Kier molecular flexibility index (Phi) is 5.89. The average molecular weight is 486 g/mol. The molecule has 0 atom stereocenters. The first kappa shape index (κ1) is 22.5. The third kappa shape index (κ3) is 4.18. The summed E-state index contributed by atoms with van der Waals surface area (Å²) in [5.41, 5.74) is -0.282. The summed E-state index contributed by atoms with van der Waals surface area (Å²) in [6.07, 6.45) is -2.38. The molecule has 1 aliphatic heterocycles. The quantitative estimate of drug-likeness (QED) is 0.568. The second-order valence-corrected chi connectivity index (χ2v) is 9.15. The van der Waals surface area contributed by atoms with Gasteiger partial charge < -0.3 is 9.80 Å². The summed E-state index contributed by atoms with van der Waals surface area (Å²) in [5, 5.41) is 0.447. The second kappa shape index (κ2) is 8.36. The van der Waals surface area contributed by atoms with Crippen molar-refractivity contribution in [1.29, 1.82) is 0 Å². The van der Waals surface area contributed by atoms with Gasteiger partial charge in [-0.05, 0) is 25.5 Å². The number of amides is 1.